The zero-order chi connectivity index (χ0) is 26.7. The molecule has 1 saturated heterocycles. The molecule has 0 aliphatic carbocycles. The van der Waals surface area contributed by atoms with Crippen LogP contribution in [0.2, 0.25) is 0 Å². The van der Waals surface area contributed by atoms with E-state index < -0.39 is 27.7 Å². The summed E-state index contributed by atoms with van der Waals surface area (Å²) in [7, 11) is -3.19. The molecule has 8 nitrogen and oxygen atoms in total. The Morgan fingerprint density at radius 3 is 2.47 bits per heavy atom. The Labute approximate surface area is 224 Å². The van der Waals surface area contributed by atoms with Crippen molar-refractivity contribution in [2.75, 3.05) is 11.5 Å². The molecule has 0 saturated carbocycles. The second-order valence-corrected chi connectivity index (χ2v) is 12.3. The molecular weight excluding hydrogens is 520 g/mol. The lowest BCUT2D eigenvalue weighted by molar-refractivity contribution is -0.118. The zero-order valence-electron chi connectivity index (χ0n) is 20.6. The van der Waals surface area contributed by atoms with Crippen LogP contribution in [0.25, 0.3) is 22.3 Å². The van der Waals surface area contributed by atoms with Gasteiger partial charge in [0.1, 0.15) is 11.4 Å². The Bertz CT molecular complexity index is 1590. The van der Waals surface area contributed by atoms with Gasteiger partial charge in [0.15, 0.2) is 9.84 Å². The monoisotopic (exact) mass is 546 g/mol. The molecule has 194 valence electrons. The number of hydrogen-bond donors (Lipinski definition) is 2. The summed E-state index contributed by atoms with van der Waals surface area (Å²) in [5.74, 6) is -1.10. The first-order valence-corrected chi connectivity index (χ1v) is 14.8. The number of carbonyl (C=O) groups is 2. The third-order valence-corrected chi connectivity index (χ3v) is 8.84. The third-order valence-electron chi connectivity index (χ3n) is 6.19. The normalized spacial score (nSPS) is 16.8. The fourth-order valence-electron chi connectivity index (χ4n) is 4.20. The minimum atomic E-state index is -3.19. The van der Waals surface area contributed by atoms with Crippen LogP contribution >= 0.6 is 11.3 Å². The molecule has 2 aromatic carbocycles. The van der Waals surface area contributed by atoms with Gasteiger partial charge in [-0.3, -0.25) is 9.59 Å². The van der Waals surface area contributed by atoms with Crippen molar-refractivity contribution in [3.8, 4) is 16.3 Å². The van der Waals surface area contributed by atoms with Gasteiger partial charge in [-0.25, -0.2) is 13.1 Å². The van der Waals surface area contributed by atoms with Crippen LogP contribution in [0.5, 0.6) is 0 Å². The molecule has 38 heavy (non-hydrogen) atoms. The molecule has 1 fully saturated rings. The maximum Gasteiger partial charge on any atom is 0.268 e. The molecule has 0 spiro atoms. The molecular formula is C28H26N4O4S2. The summed E-state index contributed by atoms with van der Waals surface area (Å²) >= 11 is 1.51. The predicted octanol–water partition coefficient (Wildman–Crippen LogP) is 3.98. The van der Waals surface area contributed by atoms with E-state index >= 15 is 0 Å². The molecule has 2 N–H and O–H groups in total. The number of amides is 2. The summed E-state index contributed by atoms with van der Waals surface area (Å²) in [5.41, 5.74) is 3.54. The maximum atomic E-state index is 13.4. The zero-order valence-corrected chi connectivity index (χ0v) is 22.3. The van der Waals surface area contributed by atoms with E-state index in [2.05, 4.69) is 10.6 Å². The van der Waals surface area contributed by atoms with E-state index in [1.807, 2.05) is 66.9 Å². The minimum Gasteiger partial charge on any atom is -0.347 e. The number of benzene rings is 2. The number of thiophene rings is 1. The Morgan fingerprint density at radius 1 is 1.05 bits per heavy atom. The van der Waals surface area contributed by atoms with Gasteiger partial charge in [0.25, 0.3) is 11.8 Å². The van der Waals surface area contributed by atoms with E-state index in [1.54, 1.807) is 29.1 Å². The molecule has 0 bridgehead atoms. The van der Waals surface area contributed by atoms with Crippen molar-refractivity contribution >= 4 is 39.1 Å². The van der Waals surface area contributed by atoms with Crippen LogP contribution in [-0.4, -0.2) is 47.6 Å². The Hall–Kier alpha value is -4.02. The molecule has 3 heterocycles. The second kappa shape index (κ2) is 10.8. The number of aryl methyl sites for hydroxylation is 1. The number of nitrogens with one attached hydrogen (secondary N) is 2. The molecule has 0 unspecified atom stereocenters. The molecule has 4 aromatic rings. The minimum absolute atomic E-state index is 0.00490. The van der Waals surface area contributed by atoms with Crippen LogP contribution in [0.15, 0.2) is 84.0 Å². The molecule has 10 heteroatoms. The molecule has 2 amide bonds. The topological polar surface area (TPSA) is 110 Å². The number of hydrogen-bond acceptors (Lipinski definition) is 6. The lowest BCUT2D eigenvalue weighted by atomic mass is 10.1. The van der Waals surface area contributed by atoms with Gasteiger partial charge in [-0.1, -0.05) is 42.0 Å². The van der Waals surface area contributed by atoms with Crippen LogP contribution in [0, 0.1) is 6.92 Å². The number of aromatic nitrogens is 2. The van der Waals surface area contributed by atoms with Gasteiger partial charge in [0, 0.05) is 23.4 Å². The molecule has 2 aromatic heterocycles. The number of carbonyl (C=O) groups excluding carboxylic acids is 2. The molecule has 0 radical (unpaired) electrons. The van der Waals surface area contributed by atoms with Crippen LogP contribution in [0.1, 0.15) is 27.9 Å². The molecule has 5 rings (SSSR count). The summed E-state index contributed by atoms with van der Waals surface area (Å²) in [4.78, 5) is 27.4. The van der Waals surface area contributed by atoms with Crippen molar-refractivity contribution in [3.05, 3.63) is 101 Å². The van der Waals surface area contributed by atoms with Gasteiger partial charge in [-0.15, -0.1) is 11.3 Å². The average molecular weight is 547 g/mol. The number of rotatable bonds is 7. The number of nitrogens with zero attached hydrogens (tertiary/aromatic N) is 2. The van der Waals surface area contributed by atoms with Gasteiger partial charge < -0.3 is 10.6 Å². The summed E-state index contributed by atoms with van der Waals surface area (Å²) in [6.07, 6.45) is 3.72. The highest BCUT2D eigenvalue weighted by Gasteiger charge is 2.30. The lowest BCUT2D eigenvalue weighted by Gasteiger charge is -2.14. The highest BCUT2D eigenvalue weighted by Crippen LogP contribution is 2.29. The van der Waals surface area contributed by atoms with Crippen molar-refractivity contribution in [1.29, 1.82) is 0 Å². The van der Waals surface area contributed by atoms with Crippen LogP contribution in [-0.2, 0) is 14.6 Å². The largest absolute Gasteiger partial charge is 0.347 e. The SMILES string of the molecule is Cc1ccc(C(=O)N/C(=C/c2cn(-c3ccccc3)nc2-c2cccs2)C(=O)N[C@@H]2CCS(=O)(=O)C2)cc1. The third kappa shape index (κ3) is 5.92. The Morgan fingerprint density at radius 2 is 1.82 bits per heavy atom. The number of para-hydroxylation sites is 1. The lowest BCUT2D eigenvalue weighted by Crippen LogP contribution is -2.41. The fourth-order valence-corrected chi connectivity index (χ4v) is 6.60. The van der Waals surface area contributed by atoms with Crippen LogP contribution in [0.3, 0.4) is 0 Å². The van der Waals surface area contributed by atoms with Gasteiger partial charge >= 0.3 is 0 Å². The predicted molar refractivity (Wildman–Crippen MR) is 149 cm³/mol. The summed E-state index contributed by atoms with van der Waals surface area (Å²) in [5, 5.41) is 12.2. The number of sulfone groups is 1. The summed E-state index contributed by atoms with van der Waals surface area (Å²) < 4.78 is 25.6. The van der Waals surface area contributed by atoms with E-state index in [9.17, 15) is 18.0 Å². The van der Waals surface area contributed by atoms with Crippen molar-refractivity contribution in [3.63, 3.8) is 0 Å². The second-order valence-electron chi connectivity index (χ2n) is 9.14. The fraction of sp³-hybridized carbons (Fsp3) is 0.179. The summed E-state index contributed by atoms with van der Waals surface area (Å²) in [6.45, 7) is 1.92. The Balaban J connectivity index is 1.53. The molecule has 1 atom stereocenters. The van der Waals surface area contributed by atoms with Crippen molar-refractivity contribution in [2.24, 2.45) is 0 Å². The summed E-state index contributed by atoms with van der Waals surface area (Å²) in [6, 6.07) is 19.9. The quantitative estimate of drug-likeness (QED) is 0.341. The first-order chi connectivity index (χ1) is 18.3. The smallest absolute Gasteiger partial charge is 0.268 e. The van der Waals surface area contributed by atoms with E-state index in [4.69, 9.17) is 5.10 Å². The van der Waals surface area contributed by atoms with Crippen LogP contribution in [0.4, 0.5) is 0 Å². The van der Waals surface area contributed by atoms with Gasteiger partial charge in [0.2, 0.25) is 0 Å². The van der Waals surface area contributed by atoms with E-state index in [-0.39, 0.29) is 17.2 Å². The van der Waals surface area contributed by atoms with Gasteiger partial charge in [-0.2, -0.15) is 5.10 Å². The first-order valence-electron chi connectivity index (χ1n) is 12.1. The standard InChI is InChI=1S/C28H26N4O4S2/c1-19-9-11-20(12-10-19)27(33)30-24(28(34)29-22-13-15-38(35,36)18-22)16-21-17-32(23-6-3-2-4-7-23)31-26(21)25-8-5-14-37-25/h2-12,14,16-17,22H,13,15,18H2,1H3,(H,29,34)(H,30,33)/b24-16+/t22-/m1/s1. The van der Waals surface area contributed by atoms with Crippen molar-refractivity contribution in [2.45, 2.75) is 19.4 Å². The highest BCUT2D eigenvalue weighted by molar-refractivity contribution is 7.91. The highest BCUT2D eigenvalue weighted by atomic mass is 32.2. The molecule has 1 aliphatic heterocycles. The average Bonchev–Trinajstić information content (AvgIpc) is 3.64. The van der Waals surface area contributed by atoms with E-state index in [1.165, 1.54) is 11.3 Å². The maximum absolute atomic E-state index is 13.4. The van der Waals surface area contributed by atoms with Gasteiger partial charge in [0.05, 0.1) is 22.1 Å². The van der Waals surface area contributed by atoms with Gasteiger partial charge in [-0.05, 0) is 55.1 Å². The first kappa shape index (κ1) is 25.6. The van der Waals surface area contributed by atoms with E-state index in [0.717, 1.165) is 16.1 Å². The Kier molecular flexibility index (Phi) is 7.26. The van der Waals surface area contributed by atoms with Crippen molar-refractivity contribution in [1.82, 2.24) is 20.4 Å². The van der Waals surface area contributed by atoms with E-state index in [0.29, 0.717) is 23.2 Å². The van der Waals surface area contributed by atoms with Crippen molar-refractivity contribution < 1.29 is 18.0 Å². The van der Waals surface area contributed by atoms with Crippen LogP contribution < -0.4 is 10.6 Å². The molecule has 1 aliphatic rings.